The lowest BCUT2D eigenvalue weighted by atomic mass is 9.79. The normalized spacial score (nSPS) is 20.1. The molecule has 1 aliphatic heterocycles. The number of hydrogen-bond donors (Lipinski definition) is 0. The van der Waals surface area contributed by atoms with Crippen molar-refractivity contribution >= 4 is 50.2 Å². The lowest BCUT2D eigenvalue weighted by Crippen LogP contribution is -2.16. The van der Waals surface area contributed by atoms with E-state index >= 15 is 0 Å². The summed E-state index contributed by atoms with van der Waals surface area (Å²) in [6, 6.07) is 50.0. The molecule has 260 valence electrons. The molecule has 3 heteroatoms. The highest BCUT2D eigenvalue weighted by Crippen LogP contribution is 2.57. The summed E-state index contributed by atoms with van der Waals surface area (Å²) in [5.41, 5.74) is 18.9. The maximum Gasteiger partial charge on any atom is 0.139 e. The number of rotatable bonds is 3. The van der Waals surface area contributed by atoms with Crippen molar-refractivity contribution in [1.29, 1.82) is 0 Å². The Morgan fingerprint density at radius 3 is 2.39 bits per heavy atom. The van der Waals surface area contributed by atoms with E-state index in [-0.39, 0.29) is 5.92 Å². The van der Waals surface area contributed by atoms with Gasteiger partial charge in [-0.15, -0.1) is 11.8 Å². The number of thioether (sulfide) groups is 1. The second kappa shape index (κ2) is 12.0. The third-order valence-corrected chi connectivity index (χ3v) is 14.3. The summed E-state index contributed by atoms with van der Waals surface area (Å²) in [7, 11) is 0. The van der Waals surface area contributed by atoms with Crippen LogP contribution in [0.5, 0.6) is 0 Å². The summed E-state index contributed by atoms with van der Waals surface area (Å²) in [4.78, 5) is 1.43. The summed E-state index contributed by atoms with van der Waals surface area (Å²) in [6.45, 7) is 0. The number of para-hydroxylation sites is 3. The van der Waals surface area contributed by atoms with E-state index in [1.165, 1.54) is 95.3 Å². The van der Waals surface area contributed by atoms with Gasteiger partial charge in [0.05, 0.1) is 5.52 Å². The van der Waals surface area contributed by atoms with Crippen molar-refractivity contribution < 1.29 is 4.42 Å². The first kappa shape index (κ1) is 30.9. The Labute approximate surface area is 319 Å². The molecule has 54 heavy (non-hydrogen) atoms. The van der Waals surface area contributed by atoms with Gasteiger partial charge in [-0.05, 0) is 126 Å². The zero-order valence-electron chi connectivity index (χ0n) is 30.1. The molecule has 0 amide bonds. The SMILES string of the molecule is C1=CC2c3ccccc3SC2C2=C1CC[C@@H](c1cccc3c1oc1ccccc13)c1ccc(-c3ccc4c(c3)c3c(n4-c4ccccc4)CCCC3)cc12. The quantitative estimate of drug-likeness (QED) is 0.181. The van der Waals surface area contributed by atoms with Crippen LogP contribution in [0.4, 0.5) is 0 Å². The fourth-order valence-corrected chi connectivity index (χ4v) is 12.0. The molecule has 0 saturated carbocycles. The highest BCUT2D eigenvalue weighted by molar-refractivity contribution is 8.00. The van der Waals surface area contributed by atoms with Gasteiger partial charge in [0, 0.05) is 55.1 Å². The zero-order chi connectivity index (χ0) is 35.3. The Hall–Kier alpha value is -5.51. The summed E-state index contributed by atoms with van der Waals surface area (Å²) < 4.78 is 9.24. The third kappa shape index (κ3) is 4.54. The number of nitrogens with zero attached hydrogens (tertiary/aromatic N) is 1. The topological polar surface area (TPSA) is 18.1 Å². The van der Waals surface area contributed by atoms with Gasteiger partial charge in [-0.3, -0.25) is 0 Å². The van der Waals surface area contributed by atoms with Gasteiger partial charge >= 0.3 is 0 Å². The molecule has 0 saturated heterocycles. The molecule has 6 aromatic carbocycles. The minimum atomic E-state index is 0.221. The Kier molecular flexibility index (Phi) is 6.87. The van der Waals surface area contributed by atoms with Crippen LogP contribution in [0, 0.1) is 0 Å². The van der Waals surface area contributed by atoms with Gasteiger partial charge in [0.1, 0.15) is 11.2 Å². The molecular formula is C51H39NOS. The van der Waals surface area contributed by atoms with E-state index in [4.69, 9.17) is 4.42 Å². The second-order valence-corrected chi connectivity index (χ2v) is 16.8. The van der Waals surface area contributed by atoms with Crippen molar-refractivity contribution in [3.63, 3.8) is 0 Å². The van der Waals surface area contributed by atoms with E-state index in [0.29, 0.717) is 11.2 Å². The number of hydrogen-bond acceptors (Lipinski definition) is 2. The van der Waals surface area contributed by atoms with Gasteiger partial charge < -0.3 is 8.98 Å². The smallest absolute Gasteiger partial charge is 0.139 e. The van der Waals surface area contributed by atoms with E-state index in [9.17, 15) is 0 Å². The third-order valence-electron chi connectivity index (χ3n) is 12.8. The maximum absolute atomic E-state index is 6.70. The molecule has 0 spiro atoms. The van der Waals surface area contributed by atoms with Gasteiger partial charge in [0.25, 0.3) is 0 Å². The lowest BCUT2D eigenvalue weighted by Gasteiger charge is -2.28. The van der Waals surface area contributed by atoms with E-state index in [1.807, 2.05) is 0 Å². The van der Waals surface area contributed by atoms with Crippen LogP contribution in [-0.4, -0.2) is 9.82 Å². The summed E-state index contributed by atoms with van der Waals surface area (Å²) in [5, 5.41) is 4.19. The lowest BCUT2D eigenvalue weighted by molar-refractivity contribution is 0.646. The van der Waals surface area contributed by atoms with Crippen LogP contribution in [0.3, 0.4) is 0 Å². The number of fused-ring (bicyclic) bond motifs is 12. The minimum absolute atomic E-state index is 0.221. The first-order valence-corrected chi connectivity index (χ1v) is 20.6. The standard InChI is InChI=1S/C51H39NOS/c1-2-11-34(12-3-1)52-45-18-7-4-13-37(45)43-29-33(24-28-46(43)52)32-23-26-36-35(40-16-10-17-41-38-14-5-8-19-47(38)53-50(40)41)25-21-31-22-27-42-39-15-6-9-20-48(39)54-51(42)49(31)44(36)30-32/h1-3,5-6,8-12,14-17,19-20,22-24,26-30,35,42,51H,4,7,13,18,21,25H2/t35-,42?,51?/m1/s1. The highest BCUT2D eigenvalue weighted by atomic mass is 32.2. The van der Waals surface area contributed by atoms with Crippen LogP contribution in [-0.2, 0) is 12.8 Å². The van der Waals surface area contributed by atoms with Crippen LogP contribution < -0.4 is 0 Å². The fourth-order valence-electron chi connectivity index (χ4n) is 10.4. The van der Waals surface area contributed by atoms with Gasteiger partial charge in [-0.2, -0.15) is 0 Å². The van der Waals surface area contributed by atoms with Gasteiger partial charge in [0.15, 0.2) is 0 Å². The van der Waals surface area contributed by atoms with Crippen molar-refractivity contribution in [2.75, 3.05) is 0 Å². The predicted octanol–water partition coefficient (Wildman–Crippen LogP) is 13.6. The van der Waals surface area contributed by atoms with Crippen molar-refractivity contribution in [3.05, 3.63) is 185 Å². The van der Waals surface area contributed by atoms with Crippen molar-refractivity contribution in [2.24, 2.45) is 0 Å². The molecule has 0 N–H and O–H groups in total. The molecule has 0 fully saturated rings. The molecule has 3 aliphatic carbocycles. The van der Waals surface area contributed by atoms with Crippen LogP contribution in [0.1, 0.15) is 71.0 Å². The zero-order valence-corrected chi connectivity index (χ0v) is 30.9. The van der Waals surface area contributed by atoms with Gasteiger partial charge in [-0.25, -0.2) is 0 Å². The predicted molar refractivity (Wildman–Crippen MR) is 225 cm³/mol. The molecule has 2 unspecified atom stereocenters. The summed E-state index contributed by atoms with van der Waals surface area (Å²) in [5.74, 6) is 0.608. The Balaban J connectivity index is 1.05. The Morgan fingerprint density at radius 1 is 0.630 bits per heavy atom. The van der Waals surface area contributed by atoms with E-state index in [0.717, 1.165) is 36.8 Å². The molecule has 2 nitrogen and oxygen atoms in total. The molecule has 3 atom stereocenters. The second-order valence-electron chi connectivity index (χ2n) is 15.7. The van der Waals surface area contributed by atoms with Crippen molar-refractivity contribution in [3.8, 4) is 16.8 Å². The number of allylic oxidation sites excluding steroid dienone is 3. The molecule has 2 aromatic heterocycles. The highest BCUT2D eigenvalue weighted by Gasteiger charge is 2.40. The van der Waals surface area contributed by atoms with Crippen LogP contribution in [0.2, 0.25) is 0 Å². The molecule has 0 radical (unpaired) electrons. The van der Waals surface area contributed by atoms with Crippen LogP contribution in [0.25, 0.3) is 55.2 Å². The van der Waals surface area contributed by atoms with Gasteiger partial charge in [-0.1, -0.05) is 103 Å². The summed E-state index contributed by atoms with van der Waals surface area (Å²) >= 11 is 2.07. The average Bonchev–Trinajstić information content (AvgIpc) is 3.87. The molecule has 4 aliphatic rings. The van der Waals surface area contributed by atoms with Crippen LogP contribution in [0.15, 0.2) is 160 Å². The van der Waals surface area contributed by atoms with Crippen LogP contribution >= 0.6 is 11.8 Å². The molecule has 3 heterocycles. The first-order chi connectivity index (χ1) is 26.8. The number of aryl methyl sites for hydroxylation is 1. The molecule has 12 rings (SSSR count). The van der Waals surface area contributed by atoms with E-state index in [2.05, 4.69) is 162 Å². The Morgan fingerprint density at radius 2 is 1.43 bits per heavy atom. The number of benzene rings is 6. The Bertz CT molecular complexity index is 2890. The largest absolute Gasteiger partial charge is 0.456 e. The minimum Gasteiger partial charge on any atom is -0.456 e. The molecular weight excluding hydrogens is 675 g/mol. The van der Waals surface area contributed by atoms with E-state index in [1.54, 1.807) is 5.56 Å². The van der Waals surface area contributed by atoms with Crippen molar-refractivity contribution in [2.45, 2.75) is 60.5 Å². The number of aromatic nitrogens is 1. The van der Waals surface area contributed by atoms with E-state index < -0.39 is 0 Å². The van der Waals surface area contributed by atoms with Gasteiger partial charge in [0.2, 0.25) is 0 Å². The first-order valence-electron chi connectivity index (χ1n) is 19.7. The maximum atomic E-state index is 6.70. The monoisotopic (exact) mass is 713 g/mol. The number of furan rings is 1. The summed E-state index contributed by atoms with van der Waals surface area (Å²) in [6.07, 6.45) is 11.9. The fraction of sp³-hybridized carbons (Fsp3) is 0.176. The average molecular weight is 714 g/mol. The van der Waals surface area contributed by atoms with Crippen molar-refractivity contribution in [1.82, 2.24) is 4.57 Å². The molecule has 8 aromatic rings. The molecule has 0 bridgehead atoms.